The number of anilines is 1. The van der Waals surface area contributed by atoms with Crippen molar-refractivity contribution < 1.29 is 70.2 Å². The van der Waals surface area contributed by atoms with Crippen molar-refractivity contribution in [3.8, 4) is 11.5 Å². The Morgan fingerprint density at radius 3 is 1.70 bits per heavy atom. The van der Waals surface area contributed by atoms with E-state index < -0.39 is 116 Å². The number of benzene rings is 3. The number of phosphoric ester groups is 1. The van der Waals surface area contributed by atoms with Crippen LogP contribution in [0.1, 0.15) is 35.4 Å². The van der Waals surface area contributed by atoms with E-state index in [0.29, 0.717) is 39.4 Å². The molecule has 29 heteroatoms. The van der Waals surface area contributed by atoms with Gasteiger partial charge < -0.3 is 57.8 Å². The zero-order valence-electron chi connectivity index (χ0n) is 44.7. The van der Waals surface area contributed by atoms with Crippen LogP contribution in [-0.4, -0.2) is 156 Å². The van der Waals surface area contributed by atoms with Crippen LogP contribution >= 0.6 is 7.82 Å². The number of methoxy groups -OCH3 is 5. The second-order valence-electron chi connectivity index (χ2n) is 19.3. The third-order valence-electron chi connectivity index (χ3n) is 14.6. The molecule has 13 atom stereocenters. The lowest BCUT2D eigenvalue weighted by molar-refractivity contribution is -0.128. The van der Waals surface area contributed by atoms with E-state index in [9.17, 15) is 19.2 Å². The normalized spacial score (nSPS) is 26.9. The van der Waals surface area contributed by atoms with Crippen LogP contribution in [0.3, 0.4) is 0 Å². The Bertz CT molecular complexity index is 3590. The van der Waals surface area contributed by atoms with Crippen molar-refractivity contribution in [2.24, 2.45) is 0 Å². The number of rotatable bonds is 22. The van der Waals surface area contributed by atoms with Crippen LogP contribution in [0.15, 0.2) is 135 Å². The molecule has 4 N–H and O–H groups in total. The van der Waals surface area contributed by atoms with Gasteiger partial charge in [-0.1, -0.05) is 54.6 Å². The van der Waals surface area contributed by atoms with Crippen molar-refractivity contribution in [2.75, 3.05) is 67.9 Å². The Labute approximate surface area is 465 Å². The number of hydrogen-bond acceptors (Lipinski definition) is 23. The van der Waals surface area contributed by atoms with Crippen molar-refractivity contribution in [3.05, 3.63) is 174 Å². The fraction of sp³-hybridized carbons (Fsp3) is 0.415. The van der Waals surface area contributed by atoms with E-state index in [4.69, 9.17) is 71.4 Å². The number of hydrogen-bond donors (Lipinski definition) is 3. The fourth-order valence-corrected chi connectivity index (χ4v) is 12.4. The SMILES string of the molecule is COC[C@H]1O[C@@H](n2ccc(=O)[nH]c2=O)[C@H](OC)[C@@H]1OP(=O)(OC[C@H]1O[C@@H](n2cnc3c(N)ncnc32)[C@@H]2OCO[C@@H]21)O[C@H]1[C@@H](OC(c2ccccc2)(c2ccc(OC)cc2)c2ccc(OC)cc2)[C@H](n2ccc(=O)[nH]c2=O)O[C@@H]1COC. The van der Waals surface area contributed by atoms with E-state index >= 15 is 4.57 Å². The van der Waals surface area contributed by atoms with Gasteiger partial charge in [0.25, 0.3) is 11.1 Å². The van der Waals surface area contributed by atoms with Crippen molar-refractivity contribution in [1.29, 1.82) is 0 Å². The molecular weight excluding hydrogens is 1100 g/mol. The highest BCUT2D eigenvalue weighted by Gasteiger charge is 2.59. The smallest absolute Gasteiger partial charge is 0.475 e. The van der Waals surface area contributed by atoms with Gasteiger partial charge in [-0.25, -0.2) is 29.1 Å². The van der Waals surface area contributed by atoms with E-state index in [-0.39, 0.29) is 25.8 Å². The van der Waals surface area contributed by atoms with Gasteiger partial charge in [0.15, 0.2) is 30.1 Å². The highest BCUT2D eigenvalue weighted by molar-refractivity contribution is 7.48. The monoisotopic (exact) mass is 1160 g/mol. The molecule has 0 aliphatic carbocycles. The molecule has 11 rings (SSSR count). The van der Waals surface area contributed by atoms with E-state index in [0.717, 1.165) is 21.3 Å². The van der Waals surface area contributed by atoms with E-state index in [1.807, 2.05) is 54.6 Å². The van der Waals surface area contributed by atoms with Gasteiger partial charge in [0.05, 0.1) is 40.4 Å². The summed E-state index contributed by atoms with van der Waals surface area (Å²) in [7, 11) is 1.87. The highest BCUT2D eigenvalue weighted by Crippen LogP contribution is 2.58. The van der Waals surface area contributed by atoms with Gasteiger partial charge in [0, 0.05) is 45.9 Å². The standard InChI is InChI=1S/C53H58N9O19P/c1-68-23-34-41(43(72-5)48(76-34)60-21-19-37(63)58-51(60)65)80-82(67,75-25-36-40-44(74-28-73-40)49(78-36)62-27-57-39-46(54)55-26-56-47(39)62)81-42-35(24-69-2)77-50(61-22-20-38(64)59-52(61)66)45(42)79-53(29-9-7-6-8-10-29,30-11-15-32(70-3)16-12-30)31-13-17-33(71-4)18-14-31/h6-22,26-27,34-36,40-45,48-50H,23-25,28H2,1-5H3,(H2,54,55,56)(H,58,63,65)(H,59,64,66)/t34-,35-,36-,40-,41-,42-,43-,44-,45-,48-,49-,50-,82?/m1/s1. The number of nitrogens with one attached hydrogen (secondary N) is 2. The molecule has 0 spiro atoms. The molecule has 4 aliphatic heterocycles. The molecule has 4 fully saturated rings. The minimum Gasteiger partial charge on any atom is -0.497 e. The summed E-state index contributed by atoms with van der Waals surface area (Å²) in [5, 5.41) is 0. The van der Waals surface area contributed by atoms with Gasteiger partial charge >= 0.3 is 19.2 Å². The number of ether oxygens (including phenoxy) is 11. The highest BCUT2D eigenvalue weighted by atomic mass is 31.2. The lowest BCUT2D eigenvalue weighted by Gasteiger charge is -2.41. The number of phosphoric acid groups is 1. The van der Waals surface area contributed by atoms with Gasteiger partial charge in [-0.15, -0.1) is 0 Å². The third kappa shape index (κ3) is 10.7. The van der Waals surface area contributed by atoms with Crippen LogP contribution in [0, 0.1) is 0 Å². The summed E-state index contributed by atoms with van der Waals surface area (Å²) < 4.78 is 109. The van der Waals surface area contributed by atoms with Gasteiger partial charge in [-0.3, -0.25) is 46.8 Å². The first-order chi connectivity index (χ1) is 39.8. The summed E-state index contributed by atoms with van der Waals surface area (Å²) in [6.45, 7) is -1.23. The molecule has 82 heavy (non-hydrogen) atoms. The van der Waals surface area contributed by atoms with Gasteiger partial charge in [0.1, 0.15) is 90.7 Å². The van der Waals surface area contributed by atoms with Crippen LogP contribution in [0.25, 0.3) is 11.2 Å². The number of nitrogens with two attached hydrogens (primary N) is 1. The van der Waals surface area contributed by atoms with Gasteiger partial charge in [0.2, 0.25) is 0 Å². The molecule has 4 saturated heterocycles. The number of aromatic amines is 2. The molecule has 434 valence electrons. The summed E-state index contributed by atoms with van der Waals surface area (Å²) in [4.78, 5) is 69.8. The fourth-order valence-electron chi connectivity index (χ4n) is 10.8. The molecule has 4 aliphatic rings. The summed E-state index contributed by atoms with van der Waals surface area (Å²) >= 11 is 0. The van der Waals surface area contributed by atoms with Crippen LogP contribution in [0.5, 0.6) is 11.5 Å². The van der Waals surface area contributed by atoms with Crippen molar-refractivity contribution >= 4 is 24.8 Å². The number of imidazole rings is 1. The molecular formula is C53H58N9O19P. The van der Waals surface area contributed by atoms with Crippen molar-refractivity contribution in [3.63, 3.8) is 0 Å². The molecule has 7 aromatic rings. The third-order valence-corrected chi connectivity index (χ3v) is 16.1. The van der Waals surface area contributed by atoms with Gasteiger partial charge in [-0.2, -0.15) is 0 Å². The molecule has 28 nitrogen and oxygen atoms in total. The van der Waals surface area contributed by atoms with Crippen molar-refractivity contribution in [1.82, 2.24) is 38.6 Å². The lowest BCUT2D eigenvalue weighted by Crippen LogP contribution is -2.47. The van der Waals surface area contributed by atoms with Crippen molar-refractivity contribution in [2.45, 2.75) is 79.2 Å². The number of H-pyrrole nitrogens is 2. The minimum absolute atomic E-state index is 0.133. The number of fused-ring (bicyclic) bond motifs is 2. The minimum atomic E-state index is -5.31. The second-order valence-corrected chi connectivity index (χ2v) is 20.8. The summed E-state index contributed by atoms with van der Waals surface area (Å²) in [5.74, 6) is 1.19. The first-order valence-electron chi connectivity index (χ1n) is 25.7. The maximum Gasteiger partial charge on any atom is 0.475 e. The Kier molecular flexibility index (Phi) is 16.5. The molecule has 0 bridgehead atoms. The average molecular weight is 1160 g/mol. The number of nitrogens with zero attached hydrogens (tertiary/aromatic N) is 6. The summed E-state index contributed by atoms with van der Waals surface area (Å²) in [6, 6.07) is 25.7. The Morgan fingerprint density at radius 1 is 0.610 bits per heavy atom. The Balaban J connectivity index is 1.06. The molecule has 1 unspecified atom stereocenters. The maximum atomic E-state index is 16.6. The average Bonchev–Trinajstić information content (AvgIpc) is 4.12. The van der Waals surface area contributed by atoms with Gasteiger partial charge in [-0.05, 0) is 41.0 Å². The zero-order chi connectivity index (χ0) is 57.3. The molecule has 0 saturated carbocycles. The quantitative estimate of drug-likeness (QED) is 0.0648. The maximum absolute atomic E-state index is 16.6. The molecule has 0 radical (unpaired) electrons. The molecule has 3 aromatic carbocycles. The predicted octanol–water partition coefficient (Wildman–Crippen LogP) is 2.54. The number of nitrogen functional groups attached to an aromatic ring is 1. The topological polar surface area (TPSA) is 326 Å². The second kappa shape index (κ2) is 23.9. The zero-order valence-corrected chi connectivity index (χ0v) is 45.6. The lowest BCUT2D eigenvalue weighted by atomic mass is 9.79. The van der Waals surface area contributed by atoms with Crippen LogP contribution in [-0.2, 0) is 66.4 Å². The molecule has 8 heterocycles. The van der Waals surface area contributed by atoms with E-state index in [1.54, 1.807) is 28.8 Å². The molecule has 0 amide bonds. The summed E-state index contributed by atoms with van der Waals surface area (Å²) in [6.07, 6.45) is -9.63. The first kappa shape index (κ1) is 56.6. The number of aromatic nitrogens is 8. The summed E-state index contributed by atoms with van der Waals surface area (Å²) in [5.41, 5.74) is 3.65. The molecule has 4 aromatic heterocycles. The van der Waals surface area contributed by atoms with Crippen LogP contribution < -0.4 is 37.7 Å². The predicted molar refractivity (Wildman–Crippen MR) is 284 cm³/mol. The van der Waals surface area contributed by atoms with E-state index in [2.05, 4.69) is 24.9 Å². The first-order valence-corrected chi connectivity index (χ1v) is 27.2. The van der Waals surface area contributed by atoms with E-state index in [1.165, 1.54) is 60.6 Å². The Hall–Kier alpha value is -7.28. The van der Waals surface area contributed by atoms with Crippen LogP contribution in [0.2, 0.25) is 0 Å². The Morgan fingerprint density at radius 2 is 1.15 bits per heavy atom. The largest absolute Gasteiger partial charge is 0.497 e. The van der Waals surface area contributed by atoms with Crippen LogP contribution in [0.4, 0.5) is 5.82 Å².